The van der Waals surface area contributed by atoms with Gasteiger partial charge in [0.05, 0.1) is 18.5 Å². The summed E-state index contributed by atoms with van der Waals surface area (Å²) in [6, 6.07) is 14.7. The first kappa shape index (κ1) is 21.6. The standard InChI is InChI=1S/C22H26N4O3S/c1-3-20(27)26-13-11-25(12-14-26)19-10-5-4-9-18(19)23-22(30)24-21(28)16-7-6-8-17(15-16)29-2/h4-10,15H,3,11-14H2,1-2H3,(H2,23,24,28,30). The zero-order valence-corrected chi connectivity index (χ0v) is 18.0. The number of hydrogen-bond donors (Lipinski definition) is 2. The number of ether oxygens (including phenoxy) is 1. The van der Waals surface area contributed by atoms with Gasteiger partial charge in [-0.15, -0.1) is 0 Å². The van der Waals surface area contributed by atoms with Gasteiger partial charge in [0.25, 0.3) is 5.91 Å². The lowest BCUT2D eigenvalue weighted by Gasteiger charge is -2.37. The topological polar surface area (TPSA) is 73.9 Å². The van der Waals surface area contributed by atoms with Crippen LogP contribution in [-0.2, 0) is 4.79 Å². The number of nitrogens with zero attached hydrogens (tertiary/aromatic N) is 2. The number of methoxy groups -OCH3 is 1. The molecule has 0 atom stereocenters. The number of hydrogen-bond acceptors (Lipinski definition) is 5. The van der Waals surface area contributed by atoms with E-state index in [1.165, 1.54) is 0 Å². The summed E-state index contributed by atoms with van der Waals surface area (Å²) in [7, 11) is 1.55. The second kappa shape index (κ2) is 10.1. The smallest absolute Gasteiger partial charge is 0.257 e. The number of carbonyl (C=O) groups is 2. The predicted molar refractivity (Wildman–Crippen MR) is 122 cm³/mol. The molecular formula is C22H26N4O3S. The highest BCUT2D eigenvalue weighted by molar-refractivity contribution is 7.80. The lowest BCUT2D eigenvalue weighted by atomic mass is 10.2. The second-order valence-electron chi connectivity index (χ2n) is 6.88. The maximum Gasteiger partial charge on any atom is 0.257 e. The second-order valence-corrected chi connectivity index (χ2v) is 7.29. The summed E-state index contributed by atoms with van der Waals surface area (Å²) < 4.78 is 5.16. The molecule has 0 aromatic heterocycles. The quantitative estimate of drug-likeness (QED) is 0.717. The fourth-order valence-electron chi connectivity index (χ4n) is 3.37. The van der Waals surface area contributed by atoms with Crippen molar-refractivity contribution >= 4 is 40.5 Å². The summed E-state index contributed by atoms with van der Waals surface area (Å²) in [6.45, 7) is 4.76. The molecule has 2 N–H and O–H groups in total. The summed E-state index contributed by atoms with van der Waals surface area (Å²) >= 11 is 5.36. The Morgan fingerprint density at radius 1 is 1.07 bits per heavy atom. The van der Waals surface area contributed by atoms with Crippen molar-refractivity contribution in [2.24, 2.45) is 0 Å². The molecule has 1 aliphatic rings. The lowest BCUT2D eigenvalue weighted by molar-refractivity contribution is -0.131. The van der Waals surface area contributed by atoms with Gasteiger partial charge in [-0.1, -0.05) is 25.1 Å². The Morgan fingerprint density at radius 2 is 1.80 bits per heavy atom. The van der Waals surface area contributed by atoms with E-state index in [4.69, 9.17) is 17.0 Å². The molecular weight excluding hydrogens is 400 g/mol. The Morgan fingerprint density at radius 3 is 2.50 bits per heavy atom. The van der Waals surface area contributed by atoms with E-state index in [1.807, 2.05) is 36.1 Å². The molecule has 0 aliphatic carbocycles. The fourth-order valence-corrected chi connectivity index (χ4v) is 3.57. The zero-order valence-electron chi connectivity index (χ0n) is 17.2. The van der Waals surface area contributed by atoms with E-state index in [9.17, 15) is 9.59 Å². The molecule has 0 saturated carbocycles. The highest BCUT2D eigenvalue weighted by atomic mass is 32.1. The van der Waals surface area contributed by atoms with Crippen LogP contribution >= 0.6 is 12.2 Å². The van der Waals surface area contributed by atoms with Crippen LogP contribution in [0.4, 0.5) is 11.4 Å². The minimum Gasteiger partial charge on any atom is -0.497 e. The zero-order chi connectivity index (χ0) is 21.5. The van der Waals surface area contributed by atoms with E-state index >= 15 is 0 Å². The summed E-state index contributed by atoms with van der Waals surface area (Å²) in [6.07, 6.45) is 0.527. The highest BCUT2D eigenvalue weighted by Crippen LogP contribution is 2.26. The van der Waals surface area contributed by atoms with E-state index < -0.39 is 0 Å². The van der Waals surface area contributed by atoms with Gasteiger partial charge >= 0.3 is 0 Å². The van der Waals surface area contributed by atoms with Crippen LogP contribution in [0, 0.1) is 0 Å². The van der Waals surface area contributed by atoms with Crippen molar-refractivity contribution in [2.75, 3.05) is 43.5 Å². The number of benzene rings is 2. The molecule has 1 saturated heterocycles. The Kier molecular flexibility index (Phi) is 7.24. The number of para-hydroxylation sites is 2. The van der Waals surface area contributed by atoms with Gasteiger partial charge in [0.1, 0.15) is 5.75 Å². The molecule has 30 heavy (non-hydrogen) atoms. The SMILES string of the molecule is CCC(=O)N1CCN(c2ccccc2NC(=S)NC(=O)c2cccc(OC)c2)CC1. The molecule has 8 heteroatoms. The van der Waals surface area contributed by atoms with Crippen molar-refractivity contribution in [1.82, 2.24) is 10.2 Å². The molecule has 2 amide bonds. The number of nitrogens with one attached hydrogen (secondary N) is 2. The van der Waals surface area contributed by atoms with Crippen molar-refractivity contribution in [2.45, 2.75) is 13.3 Å². The van der Waals surface area contributed by atoms with Gasteiger partial charge in [0.15, 0.2) is 5.11 Å². The van der Waals surface area contributed by atoms with Crippen LogP contribution < -0.4 is 20.3 Å². The molecule has 3 rings (SSSR count). The molecule has 0 unspecified atom stereocenters. The van der Waals surface area contributed by atoms with E-state index in [1.54, 1.807) is 31.4 Å². The summed E-state index contributed by atoms with van der Waals surface area (Å²) in [4.78, 5) is 28.5. The highest BCUT2D eigenvalue weighted by Gasteiger charge is 2.22. The average molecular weight is 427 g/mol. The summed E-state index contributed by atoms with van der Waals surface area (Å²) in [5, 5.41) is 6.06. The maximum atomic E-state index is 12.5. The van der Waals surface area contributed by atoms with E-state index in [-0.39, 0.29) is 16.9 Å². The van der Waals surface area contributed by atoms with Crippen LogP contribution in [0.15, 0.2) is 48.5 Å². The largest absolute Gasteiger partial charge is 0.497 e. The van der Waals surface area contributed by atoms with Crippen LogP contribution in [0.1, 0.15) is 23.7 Å². The van der Waals surface area contributed by atoms with Crippen molar-refractivity contribution < 1.29 is 14.3 Å². The van der Waals surface area contributed by atoms with Gasteiger partial charge in [-0.3, -0.25) is 14.9 Å². The van der Waals surface area contributed by atoms with Gasteiger partial charge in [-0.2, -0.15) is 0 Å². The van der Waals surface area contributed by atoms with Crippen LogP contribution in [0.3, 0.4) is 0 Å². The normalized spacial score (nSPS) is 13.5. The van der Waals surface area contributed by atoms with Crippen LogP contribution in [-0.4, -0.2) is 55.1 Å². The first-order valence-corrected chi connectivity index (χ1v) is 10.3. The molecule has 7 nitrogen and oxygen atoms in total. The average Bonchev–Trinajstić information content (AvgIpc) is 2.79. The number of rotatable bonds is 5. The monoisotopic (exact) mass is 426 g/mol. The third-order valence-electron chi connectivity index (χ3n) is 4.99. The van der Waals surface area contributed by atoms with Gasteiger partial charge < -0.3 is 19.9 Å². The first-order chi connectivity index (χ1) is 14.5. The number of piperazine rings is 1. The first-order valence-electron chi connectivity index (χ1n) is 9.90. The maximum absolute atomic E-state index is 12.5. The Hall–Kier alpha value is -3.13. The molecule has 0 bridgehead atoms. The van der Waals surface area contributed by atoms with Crippen molar-refractivity contribution in [3.8, 4) is 5.75 Å². The van der Waals surface area contributed by atoms with Crippen LogP contribution in [0.2, 0.25) is 0 Å². The van der Waals surface area contributed by atoms with Crippen molar-refractivity contribution in [3.63, 3.8) is 0 Å². The molecule has 1 heterocycles. The number of anilines is 2. The fraction of sp³-hybridized carbons (Fsp3) is 0.318. The predicted octanol–water partition coefficient (Wildman–Crippen LogP) is 2.88. The molecule has 1 fully saturated rings. The lowest BCUT2D eigenvalue weighted by Crippen LogP contribution is -2.48. The van der Waals surface area contributed by atoms with Gasteiger partial charge in [-0.25, -0.2) is 0 Å². The Balaban J connectivity index is 1.64. The summed E-state index contributed by atoms with van der Waals surface area (Å²) in [5.41, 5.74) is 2.26. The van der Waals surface area contributed by atoms with Crippen molar-refractivity contribution in [1.29, 1.82) is 0 Å². The third kappa shape index (κ3) is 5.27. The van der Waals surface area contributed by atoms with Crippen molar-refractivity contribution in [3.05, 3.63) is 54.1 Å². The molecule has 1 aliphatic heterocycles. The molecule has 0 radical (unpaired) electrons. The van der Waals surface area contributed by atoms with Gasteiger partial charge in [-0.05, 0) is 42.5 Å². The van der Waals surface area contributed by atoms with Gasteiger partial charge in [0.2, 0.25) is 5.91 Å². The van der Waals surface area contributed by atoms with E-state index in [2.05, 4.69) is 15.5 Å². The summed E-state index contributed by atoms with van der Waals surface area (Å²) in [5.74, 6) is 0.477. The Bertz CT molecular complexity index is 926. The minimum absolute atomic E-state index is 0.183. The minimum atomic E-state index is -0.310. The number of thiocarbonyl (C=S) groups is 1. The van der Waals surface area contributed by atoms with Gasteiger partial charge in [0, 0.05) is 38.2 Å². The molecule has 158 valence electrons. The molecule has 0 spiro atoms. The third-order valence-corrected chi connectivity index (χ3v) is 5.19. The van der Waals surface area contributed by atoms with Crippen LogP contribution in [0.25, 0.3) is 0 Å². The molecule has 2 aromatic carbocycles. The van der Waals surface area contributed by atoms with Crippen LogP contribution in [0.5, 0.6) is 5.75 Å². The van der Waals surface area contributed by atoms with E-state index in [0.717, 1.165) is 24.5 Å². The number of carbonyl (C=O) groups excluding carboxylic acids is 2. The molecule has 2 aromatic rings. The Labute approximate surface area is 182 Å². The number of amides is 2. The van der Waals surface area contributed by atoms with E-state index in [0.29, 0.717) is 30.8 Å².